The summed E-state index contributed by atoms with van der Waals surface area (Å²) in [5.41, 5.74) is 1.02. The number of rotatable bonds is 4. The summed E-state index contributed by atoms with van der Waals surface area (Å²) < 4.78 is 37.1. The summed E-state index contributed by atoms with van der Waals surface area (Å²) in [6.07, 6.45) is -4.29. The quantitative estimate of drug-likeness (QED) is 0.867. The predicted octanol–water partition coefficient (Wildman–Crippen LogP) is 4.49. The van der Waals surface area contributed by atoms with Crippen LogP contribution in [0.3, 0.4) is 0 Å². The SMILES string of the molecule is C=C(NC)S/C=C(\C)c1ccc(C(F)(F)F)cc1. The number of benzene rings is 1. The van der Waals surface area contributed by atoms with Crippen molar-refractivity contribution < 1.29 is 13.2 Å². The van der Waals surface area contributed by atoms with E-state index in [2.05, 4.69) is 11.9 Å². The first-order chi connectivity index (χ1) is 8.34. The number of halogens is 3. The summed E-state index contributed by atoms with van der Waals surface area (Å²) in [7, 11) is 1.76. The van der Waals surface area contributed by atoms with Crippen LogP contribution >= 0.6 is 11.8 Å². The summed E-state index contributed by atoms with van der Waals surface area (Å²) >= 11 is 1.40. The van der Waals surface area contributed by atoms with Crippen molar-refractivity contribution in [1.82, 2.24) is 5.32 Å². The molecule has 0 heterocycles. The molecule has 1 aromatic carbocycles. The molecule has 0 aromatic heterocycles. The maximum absolute atomic E-state index is 12.4. The van der Waals surface area contributed by atoms with Crippen LogP contribution in [0.1, 0.15) is 18.1 Å². The van der Waals surface area contributed by atoms with E-state index in [1.807, 2.05) is 12.3 Å². The van der Waals surface area contributed by atoms with Gasteiger partial charge >= 0.3 is 6.18 Å². The second-order valence-corrected chi connectivity index (χ2v) is 4.63. The molecule has 0 aliphatic heterocycles. The standard InChI is InChI=1S/C13H14F3NS/c1-9(8-18-10(2)17-3)11-4-6-12(7-5-11)13(14,15)16/h4-8,17H,2H2,1,3H3/b9-8+. The minimum absolute atomic E-state index is 0.633. The summed E-state index contributed by atoms with van der Waals surface area (Å²) in [4.78, 5) is 0. The molecule has 0 saturated heterocycles. The molecule has 0 spiro atoms. The van der Waals surface area contributed by atoms with Gasteiger partial charge in [0, 0.05) is 7.05 Å². The third kappa shape index (κ3) is 4.14. The van der Waals surface area contributed by atoms with Crippen LogP contribution in [0.25, 0.3) is 5.57 Å². The Hall–Kier alpha value is -1.36. The van der Waals surface area contributed by atoms with Crippen LogP contribution in [0.2, 0.25) is 0 Å². The van der Waals surface area contributed by atoms with Gasteiger partial charge in [-0.3, -0.25) is 0 Å². The second kappa shape index (κ2) is 6.00. The molecule has 0 atom stereocenters. The Labute approximate surface area is 109 Å². The van der Waals surface area contributed by atoms with Crippen molar-refractivity contribution in [2.24, 2.45) is 0 Å². The van der Waals surface area contributed by atoms with E-state index >= 15 is 0 Å². The highest BCUT2D eigenvalue weighted by atomic mass is 32.2. The van der Waals surface area contributed by atoms with Gasteiger partial charge in [0.2, 0.25) is 0 Å². The molecule has 0 bridgehead atoms. The highest BCUT2D eigenvalue weighted by Gasteiger charge is 2.29. The summed E-state index contributed by atoms with van der Waals surface area (Å²) in [5.74, 6) is 0. The minimum atomic E-state index is -4.29. The van der Waals surface area contributed by atoms with Crippen molar-refractivity contribution in [2.75, 3.05) is 7.05 Å². The lowest BCUT2D eigenvalue weighted by molar-refractivity contribution is -0.137. The van der Waals surface area contributed by atoms with E-state index in [0.717, 1.165) is 28.3 Å². The first-order valence-corrected chi connectivity index (χ1v) is 6.10. The Balaban J connectivity index is 2.82. The van der Waals surface area contributed by atoms with Gasteiger partial charge in [-0.15, -0.1) is 0 Å². The molecule has 1 rings (SSSR count). The summed E-state index contributed by atoms with van der Waals surface area (Å²) in [6, 6.07) is 5.11. The molecule has 1 aromatic rings. The topological polar surface area (TPSA) is 12.0 Å². The van der Waals surface area contributed by atoms with Crippen LogP contribution < -0.4 is 5.32 Å². The van der Waals surface area contributed by atoms with E-state index in [0.29, 0.717) is 0 Å². The maximum atomic E-state index is 12.4. The van der Waals surface area contributed by atoms with E-state index < -0.39 is 11.7 Å². The van der Waals surface area contributed by atoms with Gasteiger partial charge in [0.1, 0.15) is 0 Å². The van der Waals surface area contributed by atoms with Gasteiger partial charge in [0.05, 0.1) is 10.6 Å². The van der Waals surface area contributed by atoms with Crippen LogP contribution in [0, 0.1) is 0 Å². The zero-order valence-electron chi connectivity index (χ0n) is 10.1. The number of nitrogens with one attached hydrogen (secondary N) is 1. The van der Waals surface area contributed by atoms with Crippen molar-refractivity contribution in [3.8, 4) is 0 Å². The number of hydrogen-bond donors (Lipinski definition) is 1. The van der Waals surface area contributed by atoms with E-state index in [1.54, 1.807) is 7.05 Å². The van der Waals surface area contributed by atoms with Crippen LogP contribution in [0.4, 0.5) is 13.2 Å². The van der Waals surface area contributed by atoms with Gasteiger partial charge in [0.25, 0.3) is 0 Å². The molecule has 98 valence electrons. The van der Waals surface area contributed by atoms with Crippen molar-refractivity contribution in [3.05, 3.63) is 52.4 Å². The largest absolute Gasteiger partial charge is 0.416 e. The van der Waals surface area contributed by atoms with Gasteiger partial charge < -0.3 is 5.32 Å². The number of allylic oxidation sites excluding steroid dienone is 1. The van der Waals surface area contributed by atoms with Gasteiger partial charge in [-0.1, -0.05) is 30.5 Å². The molecule has 0 amide bonds. The van der Waals surface area contributed by atoms with Crippen LogP contribution in [0.15, 0.2) is 41.3 Å². The molecular weight excluding hydrogens is 259 g/mol. The molecule has 0 radical (unpaired) electrons. The molecule has 18 heavy (non-hydrogen) atoms. The fraction of sp³-hybridized carbons (Fsp3) is 0.231. The van der Waals surface area contributed by atoms with Crippen LogP contribution in [0.5, 0.6) is 0 Å². The van der Waals surface area contributed by atoms with Crippen molar-refractivity contribution in [2.45, 2.75) is 13.1 Å². The van der Waals surface area contributed by atoms with E-state index in [9.17, 15) is 13.2 Å². The lowest BCUT2D eigenvalue weighted by Gasteiger charge is -2.08. The molecule has 0 unspecified atom stereocenters. The number of hydrogen-bond acceptors (Lipinski definition) is 2. The number of alkyl halides is 3. The zero-order valence-corrected chi connectivity index (χ0v) is 11.0. The Kier molecular flexibility index (Phi) is 4.90. The molecule has 0 aliphatic carbocycles. The van der Waals surface area contributed by atoms with E-state index in [4.69, 9.17) is 0 Å². The smallest absolute Gasteiger partial charge is 0.383 e. The molecule has 5 heteroatoms. The fourth-order valence-corrected chi connectivity index (χ4v) is 1.78. The van der Waals surface area contributed by atoms with Crippen molar-refractivity contribution in [1.29, 1.82) is 0 Å². The van der Waals surface area contributed by atoms with Gasteiger partial charge in [0.15, 0.2) is 0 Å². The first kappa shape index (κ1) is 14.7. The zero-order chi connectivity index (χ0) is 13.8. The van der Waals surface area contributed by atoms with Crippen molar-refractivity contribution in [3.63, 3.8) is 0 Å². The van der Waals surface area contributed by atoms with E-state index in [1.165, 1.54) is 23.9 Å². The number of thioether (sulfide) groups is 1. The summed E-state index contributed by atoms with van der Waals surface area (Å²) in [6.45, 7) is 5.59. The van der Waals surface area contributed by atoms with Gasteiger partial charge in [-0.25, -0.2) is 0 Å². The Morgan fingerprint density at radius 3 is 2.28 bits per heavy atom. The molecule has 0 saturated carbocycles. The normalized spacial score (nSPS) is 12.4. The third-order valence-corrected chi connectivity index (χ3v) is 3.28. The Morgan fingerprint density at radius 1 is 1.28 bits per heavy atom. The molecule has 1 nitrogen and oxygen atoms in total. The van der Waals surface area contributed by atoms with Gasteiger partial charge in [-0.2, -0.15) is 13.2 Å². The van der Waals surface area contributed by atoms with Gasteiger partial charge in [-0.05, 0) is 35.6 Å². The molecule has 1 N–H and O–H groups in total. The van der Waals surface area contributed by atoms with Crippen LogP contribution in [-0.2, 0) is 6.18 Å². The maximum Gasteiger partial charge on any atom is 0.416 e. The minimum Gasteiger partial charge on any atom is -0.383 e. The Bertz CT molecular complexity index is 446. The van der Waals surface area contributed by atoms with Crippen LogP contribution in [-0.4, -0.2) is 7.05 Å². The van der Waals surface area contributed by atoms with E-state index in [-0.39, 0.29) is 0 Å². The molecule has 0 fully saturated rings. The molecular formula is C13H14F3NS. The van der Waals surface area contributed by atoms with Crippen molar-refractivity contribution >= 4 is 17.3 Å². The predicted molar refractivity (Wildman–Crippen MR) is 70.9 cm³/mol. The fourth-order valence-electron chi connectivity index (χ4n) is 1.21. The first-order valence-electron chi connectivity index (χ1n) is 5.22. The Morgan fingerprint density at radius 2 is 1.83 bits per heavy atom. The highest BCUT2D eigenvalue weighted by molar-refractivity contribution is 8.05. The average molecular weight is 273 g/mol. The summed E-state index contributed by atoms with van der Waals surface area (Å²) in [5, 5.41) is 5.50. The third-order valence-electron chi connectivity index (χ3n) is 2.32. The molecule has 0 aliphatic rings. The lowest BCUT2D eigenvalue weighted by atomic mass is 10.1. The second-order valence-electron chi connectivity index (χ2n) is 3.67. The monoisotopic (exact) mass is 273 g/mol. The highest BCUT2D eigenvalue weighted by Crippen LogP contribution is 2.30. The average Bonchev–Trinajstić information content (AvgIpc) is 2.34. The lowest BCUT2D eigenvalue weighted by Crippen LogP contribution is -2.04.